The van der Waals surface area contributed by atoms with Gasteiger partial charge in [-0.1, -0.05) is 12.1 Å². The first kappa shape index (κ1) is 9.98. The van der Waals surface area contributed by atoms with Gasteiger partial charge in [0.1, 0.15) is 0 Å². The molecule has 4 heteroatoms. The molecule has 15 heavy (non-hydrogen) atoms. The van der Waals surface area contributed by atoms with E-state index in [-0.39, 0.29) is 0 Å². The van der Waals surface area contributed by atoms with Crippen molar-refractivity contribution in [1.29, 1.82) is 0 Å². The molecule has 0 spiro atoms. The lowest BCUT2D eigenvalue weighted by molar-refractivity contribution is 0.821. The fourth-order valence-corrected chi connectivity index (χ4v) is 1.99. The predicted octanol–water partition coefficient (Wildman–Crippen LogP) is 2.74. The number of aromatic nitrogens is 2. The molecule has 2 heterocycles. The highest BCUT2D eigenvalue weighted by atomic mass is 32.1. The molecule has 2 aromatic heterocycles. The molecule has 0 amide bonds. The number of imidazole rings is 1. The Morgan fingerprint density at radius 1 is 1.60 bits per heavy atom. The minimum atomic E-state index is 0.784. The van der Waals surface area contributed by atoms with E-state index < -0.39 is 0 Å². The first-order valence-electron chi connectivity index (χ1n) is 4.78. The Hall–Kier alpha value is -1.55. The van der Waals surface area contributed by atoms with Gasteiger partial charge in [0.15, 0.2) is 0 Å². The summed E-state index contributed by atoms with van der Waals surface area (Å²) in [5.41, 5.74) is 0. The predicted molar refractivity (Wildman–Crippen MR) is 64.1 cm³/mol. The highest BCUT2D eigenvalue weighted by Crippen LogP contribution is 2.11. The number of hydrogen-bond donors (Lipinski definition) is 1. The third-order valence-corrected chi connectivity index (χ3v) is 2.92. The number of anilines is 1. The molecular formula is C11H13N3S. The van der Waals surface area contributed by atoms with E-state index in [0.717, 1.165) is 19.0 Å². The van der Waals surface area contributed by atoms with E-state index in [1.165, 1.54) is 4.88 Å². The molecule has 0 atom stereocenters. The molecule has 0 radical (unpaired) electrons. The van der Waals surface area contributed by atoms with Crippen molar-refractivity contribution in [3.05, 3.63) is 47.4 Å². The first-order chi connectivity index (χ1) is 7.40. The normalized spacial score (nSPS) is 10.1. The molecule has 1 N–H and O–H groups in total. The molecule has 0 aliphatic heterocycles. The Balaban J connectivity index is 1.98. The van der Waals surface area contributed by atoms with Crippen LogP contribution in [0.25, 0.3) is 0 Å². The Morgan fingerprint density at radius 3 is 3.27 bits per heavy atom. The van der Waals surface area contributed by atoms with Crippen molar-refractivity contribution < 1.29 is 0 Å². The zero-order valence-corrected chi connectivity index (χ0v) is 9.20. The number of allylic oxidation sites excluding steroid dienone is 1. The summed E-state index contributed by atoms with van der Waals surface area (Å²) in [5.74, 6) is 0.892. The fourth-order valence-electron chi connectivity index (χ4n) is 1.34. The number of thiophene rings is 1. The van der Waals surface area contributed by atoms with Crippen LogP contribution in [0, 0.1) is 0 Å². The molecular weight excluding hydrogens is 206 g/mol. The van der Waals surface area contributed by atoms with E-state index in [9.17, 15) is 0 Å². The first-order valence-corrected chi connectivity index (χ1v) is 5.66. The minimum absolute atomic E-state index is 0.784. The van der Waals surface area contributed by atoms with E-state index in [1.54, 1.807) is 17.5 Å². The largest absolute Gasteiger partial charge is 0.351 e. The van der Waals surface area contributed by atoms with Gasteiger partial charge in [-0.2, -0.15) is 0 Å². The third-order valence-electron chi connectivity index (χ3n) is 2.04. The zero-order chi connectivity index (χ0) is 10.5. The van der Waals surface area contributed by atoms with Crippen LogP contribution < -0.4 is 5.32 Å². The zero-order valence-electron chi connectivity index (χ0n) is 8.39. The van der Waals surface area contributed by atoms with Gasteiger partial charge in [-0.3, -0.25) is 0 Å². The van der Waals surface area contributed by atoms with Gasteiger partial charge >= 0.3 is 0 Å². The van der Waals surface area contributed by atoms with E-state index in [1.807, 2.05) is 16.8 Å². The summed E-state index contributed by atoms with van der Waals surface area (Å²) in [6.45, 7) is 5.32. The van der Waals surface area contributed by atoms with Crippen molar-refractivity contribution in [3.63, 3.8) is 0 Å². The highest BCUT2D eigenvalue weighted by molar-refractivity contribution is 7.09. The molecule has 0 saturated carbocycles. The Labute approximate surface area is 93.1 Å². The van der Waals surface area contributed by atoms with Gasteiger partial charge in [-0.05, 0) is 11.4 Å². The molecule has 0 aliphatic rings. The van der Waals surface area contributed by atoms with Crippen LogP contribution in [0.1, 0.15) is 4.88 Å². The highest BCUT2D eigenvalue weighted by Gasteiger charge is 2.00. The molecule has 0 saturated heterocycles. The molecule has 2 aromatic rings. The molecule has 0 unspecified atom stereocenters. The molecule has 0 fully saturated rings. The standard InChI is InChI=1S/C11H13N3S/c1-2-6-14-7-5-12-11(14)13-9-10-4-3-8-15-10/h2-5,7-8H,1,6,9H2,(H,12,13). The number of hydrogen-bond acceptors (Lipinski definition) is 3. The third kappa shape index (κ3) is 2.47. The molecule has 78 valence electrons. The van der Waals surface area contributed by atoms with E-state index >= 15 is 0 Å². The molecule has 0 aliphatic carbocycles. The lowest BCUT2D eigenvalue weighted by Gasteiger charge is -2.06. The van der Waals surface area contributed by atoms with Crippen LogP contribution in [-0.2, 0) is 13.1 Å². The van der Waals surface area contributed by atoms with Crippen LogP contribution in [0.4, 0.5) is 5.95 Å². The molecule has 0 bridgehead atoms. The van der Waals surface area contributed by atoms with Gasteiger partial charge in [-0.25, -0.2) is 4.98 Å². The minimum Gasteiger partial charge on any atom is -0.351 e. The summed E-state index contributed by atoms with van der Waals surface area (Å²) >= 11 is 1.74. The fraction of sp³-hybridized carbons (Fsp3) is 0.182. The average Bonchev–Trinajstić information content (AvgIpc) is 2.85. The van der Waals surface area contributed by atoms with Gasteiger partial charge in [0.25, 0.3) is 0 Å². The van der Waals surface area contributed by atoms with Gasteiger partial charge in [0.05, 0.1) is 6.54 Å². The maximum Gasteiger partial charge on any atom is 0.203 e. The summed E-state index contributed by atoms with van der Waals surface area (Å²) in [6, 6.07) is 4.16. The summed E-state index contributed by atoms with van der Waals surface area (Å²) in [4.78, 5) is 5.55. The van der Waals surface area contributed by atoms with Crippen molar-refractivity contribution in [2.24, 2.45) is 0 Å². The summed E-state index contributed by atoms with van der Waals surface area (Å²) in [6.07, 6.45) is 5.59. The number of rotatable bonds is 5. The molecule has 0 aromatic carbocycles. The van der Waals surface area contributed by atoms with Crippen LogP contribution in [0.15, 0.2) is 42.6 Å². The van der Waals surface area contributed by atoms with Crippen molar-refractivity contribution >= 4 is 17.3 Å². The Morgan fingerprint density at radius 2 is 2.53 bits per heavy atom. The molecule has 3 nitrogen and oxygen atoms in total. The SMILES string of the molecule is C=CCn1ccnc1NCc1cccs1. The second kappa shape index (κ2) is 4.79. The van der Waals surface area contributed by atoms with Gasteiger partial charge in [0.2, 0.25) is 5.95 Å². The maximum atomic E-state index is 4.24. The van der Waals surface area contributed by atoms with Crippen molar-refractivity contribution in [2.75, 3.05) is 5.32 Å². The molecule has 2 rings (SSSR count). The van der Waals surface area contributed by atoms with Gasteiger partial charge in [0, 0.05) is 23.8 Å². The van der Waals surface area contributed by atoms with E-state index in [2.05, 4.69) is 34.4 Å². The lowest BCUT2D eigenvalue weighted by Crippen LogP contribution is -2.05. The van der Waals surface area contributed by atoms with E-state index in [4.69, 9.17) is 0 Å². The lowest BCUT2D eigenvalue weighted by atomic mass is 10.5. The van der Waals surface area contributed by atoms with Crippen molar-refractivity contribution in [1.82, 2.24) is 9.55 Å². The quantitative estimate of drug-likeness (QED) is 0.784. The van der Waals surface area contributed by atoms with Crippen LogP contribution >= 0.6 is 11.3 Å². The second-order valence-corrected chi connectivity index (χ2v) is 4.16. The van der Waals surface area contributed by atoms with Crippen LogP contribution in [-0.4, -0.2) is 9.55 Å². The van der Waals surface area contributed by atoms with Crippen LogP contribution in [0.2, 0.25) is 0 Å². The smallest absolute Gasteiger partial charge is 0.203 e. The Bertz CT molecular complexity index is 417. The number of nitrogens with one attached hydrogen (secondary N) is 1. The summed E-state index contributed by atoms with van der Waals surface area (Å²) < 4.78 is 2.03. The average molecular weight is 219 g/mol. The second-order valence-electron chi connectivity index (χ2n) is 3.12. The number of nitrogens with zero attached hydrogens (tertiary/aromatic N) is 2. The van der Waals surface area contributed by atoms with Crippen molar-refractivity contribution in [3.8, 4) is 0 Å². The summed E-state index contributed by atoms with van der Waals surface area (Å²) in [7, 11) is 0. The Kier molecular flexibility index (Phi) is 3.19. The van der Waals surface area contributed by atoms with Crippen LogP contribution in [0.3, 0.4) is 0 Å². The monoisotopic (exact) mass is 219 g/mol. The van der Waals surface area contributed by atoms with Crippen LogP contribution in [0.5, 0.6) is 0 Å². The summed E-state index contributed by atoms with van der Waals surface area (Å²) in [5, 5.41) is 5.37. The van der Waals surface area contributed by atoms with Crippen molar-refractivity contribution in [2.45, 2.75) is 13.1 Å². The maximum absolute atomic E-state index is 4.24. The van der Waals surface area contributed by atoms with Gasteiger partial charge in [-0.15, -0.1) is 17.9 Å². The topological polar surface area (TPSA) is 29.9 Å². The van der Waals surface area contributed by atoms with E-state index in [0.29, 0.717) is 0 Å². The van der Waals surface area contributed by atoms with Gasteiger partial charge < -0.3 is 9.88 Å².